The Labute approximate surface area is 140 Å². The third kappa shape index (κ3) is 4.19. The number of ether oxygens (including phenoxy) is 1. The van der Waals surface area contributed by atoms with Gasteiger partial charge in [-0.2, -0.15) is 4.31 Å². The van der Waals surface area contributed by atoms with Gasteiger partial charge in [-0.15, -0.1) is 11.3 Å². The van der Waals surface area contributed by atoms with E-state index in [4.69, 9.17) is 4.74 Å². The molecule has 0 saturated carbocycles. The lowest BCUT2D eigenvalue weighted by Gasteiger charge is -2.26. The molecule has 5 nitrogen and oxygen atoms in total. The third-order valence-corrected chi connectivity index (χ3v) is 6.53. The summed E-state index contributed by atoms with van der Waals surface area (Å²) in [5.74, 6) is 0. The van der Waals surface area contributed by atoms with Crippen LogP contribution in [0.2, 0.25) is 0 Å². The van der Waals surface area contributed by atoms with Crippen molar-refractivity contribution in [3.05, 3.63) is 52.2 Å². The maximum Gasteiger partial charge on any atom is 0.243 e. The molecule has 3 rings (SSSR count). The van der Waals surface area contributed by atoms with Crippen molar-refractivity contribution in [2.75, 3.05) is 26.3 Å². The van der Waals surface area contributed by atoms with Gasteiger partial charge in [-0.1, -0.05) is 18.2 Å². The number of nitrogens with zero attached hydrogens (tertiary/aromatic N) is 1. The van der Waals surface area contributed by atoms with Gasteiger partial charge in [0.1, 0.15) is 0 Å². The summed E-state index contributed by atoms with van der Waals surface area (Å²) in [7, 11) is -3.40. The normalized spacial score (nSPS) is 16.5. The SMILES string of the molecule is O=S(=O)(c1ccc(CNCc2cccs2)cc1)N1CCOCC1. The number of hydrogen-bond donors (Lipinski definition) is 1. The molecule has 23 heavy (non-hydrogen) atoms. The maximum atomic E-state index is 12.5. The fraction of sp³-hybridized carbons (Fsp3) is 0.375. The van der Waals surface area contributed by atoms with Crippen molar-refractivity contribution in [1.82, 2.24) is 9.62 Å². The quantitative estimate of drug-likeness (QED) is 0.865. The van der Waals surface area contributed by atoms with Gasteiger partial charge in [0, 0.05) is 31.1 Å². The molecule has 1 saturated heterocycles. The number of rotatable bonds is 6. The number of nitrogens with one attached hydrogen (secondary N) is 1. The summed E-state index contributed by atoms with van der Waals surface area (Å²) in [4.78, 5) is 1.64. The molecule has 7 heteroatoms. The highest BCUT2D eigenvalue weighted by molar-refractivity contribution is 7.89. The minimum absolute atomic E-state index is 0.349. The molecule has 1 aromatic heterocycles. The average molecular weight is 352 g/mol. The topological polar surface area (TPSA) is 58.6 Å². The second-order valence-corrected chi connectivity index (χ2v) is 8.31. The number of morpholine rings is 1. The number of sulfonamides is 1. The van der Waals surface area contributed by atoms with Gasteiger partial charge < -0.3 is 10.1 Å². The molecular weight excluding hydrogens is 332 g/mol. The van der Waals surface area contributed by atoms with Gasteiger partial charge in [-0.3, -0.25) is 0 Å². The fourth-order valence-corrected chi connectivity index (χ4v) is 4.54. The molecule has 0 unspecified atom stereocenters. The Kier molecular flexibility index (Phi) is 5.45. The van der Waals surface area contributed by atoms with Gasteiger partial charge >= 0.3 is 0 Å². The van der Waals surface area contributed by atoms with E-state index in [9.17, 15) is 8.42 Å². The van der Waals surface area contributed by atoms with Crippen LogP contribution >= 0.6 is 11.3 Å². The predicted molar refractivity (Wildman–Crippen MR) is 90.9 cm³/mol. The van der Waals surface area contributed by atoms with Crippen molar-refractivity contribution in [3.63, 3.8) is 0 Å². The summed E-state index contributed by atoms with van der Waals surface area (Å²) in [6, 6.07) is 11.2. The number of thiophene rings is 1. The Hall–Kier alpha value is -1.25. The summed E-state index contributed by atoms with van der Waals surface area (Å²) in [6.07, 6.45) is 0. The second kappa shape index (κ2) is 7.55. The molecular formula is C16H20N2O3S2. The number of benzene rings is 1. The Bertz CT molecular complexity index is 706. The zero-order chi connectivity index (χ0) is 16.1. The lowest BCUT2D eigenvalue weighted by Crippen LogP contribution is -2.40. The van der Waals surface area contributed by atoms with Crippen molar-refractivity contribution in [1.29, 1.82) is 0 Å². The standard InChI is InChI=1S/C16H20N2O3S2/c19-23(20,18-7-9-21-10-8-18)16-5-3-14(4-6-16)12-17-13-15-2-1-11-22-15/h1-6,11,17H,7-10,12-13H2. The zero-order valence-corrected chi connectivity index (χ0v) is 14.4. The van der Waals surface area contributed by atoms with Crippen LogP contribution in [0.5, 0.6) is 0 Å². The average Bonchev–Trinajstić information content (AvgIpc) is 3.10. The zero-order valence-electron chi connectivity index (χ0n) is 12.8. The van der Waals surface area contributed by atoms with Gasteiger partial charge in [0.05, 0.1) is 18.1 Å². The van der Waals surface area contributed by atoms with Crippen molar-refractivity contribution >= 4 is 21.4 Å². The highest BCUT2D eigenvalue weighted by atomic mass is 32.2. The van der Waals surface area contributed by atoms with Crippen molar-refractivity contribution in [2.24, 2.45) is 0 Å². The van der Waals surface area contributed by atoms with E-state index >= 15 is 0 Å². The predicted octanol–water partition coefficient (Wildman–Crippen LogP) is 2.06. The van der Waals surface area contributed by atoms with Gasteiger partial charge in [0.15, 0.2) is 0 Å². The van der Waals surface area contributed by atoms with Crippen LogP contribution in [0.1, 0.15) is 10.4 Å². The molecule has 0 amide bonds. The molecule has 2 heterocycles. The van der Waals surface area contributed by atoms with E-state index in [1.165, 1.54) is 9.18 Å². The van der Waals surface area contributed by atoms with E-state index < -0.39 is 10.0 Å². The van der Waals surface area contributed by atoms with E-state index in [-0.39, 0.29) is 0 Å². The van der Waals surface area contributed by atoms with Gasteiger partial charge in [0.2, 0.25) is 10.0 Å². The van der Waals surface area contributed by atoms with Gasteiger partial charge in [0.25, 0.3) is 0 Å². The first-order chi connectivity index (χ1) is 11.2. The van der Waals surface area contributed by atoms with Gasteiger partial charge in [-0.05, 0) is 29.1 Å². The molecule has 2 aromatic rings. The van der Waals surface area contributed by atoms with E-state index in [1.54, 1.807) is 23.5 Å². The van der Waals surface area contributed by atoms with E-state index in [0.717, 1.165) is 18.7 Å². The Balaban J connectivity index is 1.59. The minimum Gasteiger partial charge on any atom is -0.379 e. The Morgan fingerprint density at radius 2 is 1.83 bits per heavy atom. The van der Waals surface area contributed by atoms with Crippen LogP contribution in [-0.4, -0.2) is 39.0 Å². The van der Waals surface area contributed by atoms with Crippen LogP contribution in [-0.2, 0) is 27.8 Å². The van der Waals surface area contributed by atoms with Crippen LogP contribution in [0.25, 0.3) is 0 Å². The maximum absolute atomic E-state index is 12.5. The van der Waals surface area contributed by atoms with Crippen molar-refractivity contribution in [2.45, 2.75) is 18.0 Å². The Morgan fingerprint density at radius 1 is 1.09 bits per heavy atom. The molecule has 0 bridgehead atoms. The lowest BCUT2D eigenvalue weighted by atomic mass is 10.2. The molecule has 1 N–H and O–H groups in total. The van der Waals surface area contributed by atoms with E-state index in [1.807, 2.05) is 18.2 Å². The second-order valence-electron chi connectivity index (χ2n) is 5.34. The smallest absolute Gasteiger partial charge is 0.243 e. The largest absolute Gasteiger partial charge is 0.379 e. The van der Waals surface area contributed by atoms with Crippen LogP contribution in [0, 0.1) is 0 Å². The first-order valence-electron chi connectivity index (χ1n) is 7.56. The van der Waals surface area contributed by atoms with Crippen molar-refractivity contribution in [3.8, 4) is 0 Å². The van der Waals surface area contributed by atoms with Crippen LogP contribution in [0.3, 0.4) is 0 Å². The van der Waals surface area contributed by atoms with Crippen LogP contribution in [0.15, 0.2) is 46.7 Å². The summed E-state index contributed by atoms with van der Waals surface area (Å²) in [5, 5.41) is 5.42. The first kappa shape index (κ1) is 16.6. The van der Waals surface area contributed by atoms with E-state index in [0.29, 0.717) is 31.2 Å². The summed E-state index contributed by atoms with van der Waals surface area (Å²) in [6.45, 7) is 3.31. The molecule has 1 fully saturated rings. The van der Waals surface area contributed by atoms with Gasteiger partial charge in [-0.25, -0.2) is 8.42 Å². The highest BCUT2D eigenvalue weighted by Gasteiger charge is 2.25. The van der Waals surface area contributed by atoms with Crippen LogP contribution < -0.4 is 5.32 Å². The molecule has 0 spiro atoms. The molecule has 0 radical (unpaired) electrons. The molecule has 124 valence electrons. The molecule has 1 aliphatic rings. The summed E-state index contributed by atoms with van der Waals surface area (Å²) < 4.78 is 31.7. The molecule has 0 aliphatic carbocycles. The highest BCUT2D eigenvalue weighted by Crippen LogP contribution is 2.17. The fourth-order valence-electron chi connectivity index (χ4n) is 2.46. The van der Waals surface area contributed by atoms with Crippen LogP contribution in [0.4, 0.5) is 0 Å². The van der Waals surface area contributed by atoms with Crippen molar-refractivity contribution < 1.29 is 13.2 Å². The minimum atomic E-state index is -3.40. The Morgan fingerprint density at radius 3 is 2.48 bits per heavy atom. The number of hydrogen-bond acceptors (Lipinski definition) is 5. The molecule has 1 aromatic carbocycles. The lowest BCUT2D eigenvalue weighted by molar-refractivity contribution is 0.0730. The molecule has 1 aliphatic heterocycles. The monoisotopic (exact) mass is 352 g/mol. The molecule has 0 atom stereocenters. The van der Waals surface area contributed by atoms with E-state index in [2.05, 4.69) is 16.8 Å². The summed E-state index contributed by atoms with van der Waals surface area (Å²) in [5.41, 5.74) is 1.07. The third-order valence-electron chi connectivity index (χ3n) is 3.74. The summed E-state index contributed by atoms with van der Waals surface area (Å²) >= 11 is 1.72. The first-order valence-corrected chi connectivity index (χ1v) is 9.88.